The van der Waals surface area contributed by atoms with Crippen molar-refractivity contribution in [2.75, 3.05) is 12.0 Å². The third-order valence-electron chi connectivity index (χ3n) is 6.00. The number of amides is 1. The van der Waals surface area contributed by atoms with Crippen LogP contribution in [0.2, 0.25) is 0 Å². The minimum absolute atomic E-state index is 0.132. The fraction of sp³-hybridized carbons (Fsp3) is 0.107. The molecule has 37 heavy (non-hydrogen) atoms. The van der Waals surface area contributed by atoms with Crippen LogP contribution in [0.5, 0.6) is 5.75 Å². The van der Waals surface area contributed by atoms with Crippen LogP contribution in [0.3, 0.4) is 0 Å². The fourth-order valence-electron chi connectivity index (χ4n) is 4.10. The Morgan fingerprint density at radius 1 is 1.08 bits per heavy atom. The number of ether oxygens (including phenoxy) is 1. The molecule has 0 unspecified atom stereocenters. The molecule has 184 valence electrons. The van der Waals surface area contributed by atoms with Crippen molar-refractivity contribution in [1.29, 1.82) is 0 Å². The first-order valence-corrected chi connectivity index (χ1v) is 13.3. The number of carbonyl (C=O) groups is 1. The molecule has 0 spiro atoms. The highest BCUT2D eigenvalue weighted by Gasteiger charge is 2.26. The number of thiazole rings is 1. The molecule has 9 heteroatoms. The normalized spacial score (nSPS) is 11.2. The van der Waals surface area contributed by atoms with Crippen molar-refractivity contribution in [3.8, 4) is 22.7 Å². The molecule has 0 atom stereocenters. The SMILES string of the molecule is COc1ccc(-c2csc(N(Cc3ccco3)C(=O)c3cc4c(C)nn(-c5ccccc5)c4s3)n2)cc1. The highest BCUT2D eigenvalue weighted by molar-refractivity contribution is 7.20. The van der Waals surface area contributed by atoms with Crippen molar-refractivity contribution in [3.05, 3.63) is 101 Å². The number of para-hydroxylation sites is 1. The second-order valence-electron chi connectivity index (χ2n) is 8.38. The van der Waals surface area contributed by atoms with Gasteiger partial charge in [0.05, 0.1) is 41.9 Å². The van der Waals surface area contributed by atoms with Crippen molar-refractivity contribution >= 4 is 43.9 Å². The van der Waals surface area contributed by atoms with E-state index < -0.39 is 0 Å². The molecular weight excluding hydrogens is 504 g/mol. The lowest BCUT2D eigenvalue weighted by atomic mass is 10.2. The van der Waals surface area contributed by atoms with Crippen LogP contribution >= 0.6 is 22.7 Å². The average molecular weight is 527 g/mol. The zero-order chi connectivity index (χ0) is 25.4. The van der Waals surface area contributed by atoms with E-state index in [0.29, 0.717) is 15.8 Å². The maximum Gasteiger partial charge on any atom is 0.270 e. The monoisotopic (exact) mass is 526 g/mol. The van der Waals surface area contributed by atoms with Crippen molar-refractivity contribution in [1.82, 2.24) is 14.8 Å². The van der Waals surface area contributed by atoms with Crippen LogP contribution in [0.25, 0.3) is 27.2 Å². The Hall–Kier alpha value is -4.21. The molecule has 0 aliphatic rings. The smallest absolute Gasteiger partial charge is 0.270 e. The molecule has 0 radical (unpaired) electrons. The van der Waals surface area contributed by atoms with Gasteiger partial charge in [0.15, 0.2) is 5.13 Å². The zero-order valence-corrected chi connectivity index (χ0v) is 21.8. The topological polar surface area (TPSA) is 73.4 Å². The highest BCUT2D eigenvalue weighted by atomic mass is 32.1. The number of aromatic nitrogens is 3. The fourth-order valence-corrected chi connectivity index (χ4v) is 6.06. The maximum atomic E-state index is 13.9. The van der Waals surface area contributed by atoms with Gasteiger partial charge in [-0.15, -0.1) is 22.7 Å². The summed E-state index contributed by atoms with van der Waals surface area (Å²) in [6.45, 7) is 2.24. The van der Waals surface area contributed by atoms with Gasteiger partial charge in [-0.25, -0.2) is 9.67 Å². The summed E-state index contributed by atoms with van der Waals surface area (Å²) in [6, 6.07) is 23.3. The van der Waals surface area contributed by atoms with Crippen molar-refractivity contribution in [2.24, 2.45) is 0 Å². The highest BCUT2D eigenvalue weighted by Crippen LogP contribution is 2.34. The predicted octanol–water partition coefficient (Wildman–Crippen LogP) is 6.97. The van der Waals surface area contributed by atoms with Gasteiger partial charge in [0.25, 0.3) is 5.91 Å². The number of thiophene rings is 1. The van der Waals surface area contributed by atoms with Crippen LogP contribution in [0.1, 0.15) is 21.1 Å². The minimum Gasteiger partial charge on any atom is -0.497 e. The van der Waals surface area contributed by atoms with Gasteiger partial charge in [0.1, 0.15) is 16.3 Å². The van der Waals surface area contributed by atoms with Gasteiger partial charge in [-0.05, 0) is 61.5 Å². The maximum absolute atomic E-state index is 13.9. The van der Waals surface area contributed by atoms with E-state index in [-0.39, 0.29) is 12.5 Å². The summed E-state index contributed by atoms with van der Waals surface area (Å²) < 4.78 is 12.7. The van der Waals surface area contributed by atoms with Gasteiger partial charge in [-0.1, -0.05) is 18.2 Å². The first-order chi connectivity index (χ1) is 18.1. The molecule has 0 aliphatic carbocycles. The Labute approximate surface area is 221 Å². The number of hydrogen-bond acceptors (Lipinski definition) is 7. The van der Waals surface area contributed by atoms with E-state index in [0.717, 1.165) is 38.6 Å². The number of fused-ring (bicyclic) bond motifs is 1. The van der Waals surface area contributed by atoms with Crippen LogP contribution in [0.15, 0.2) is 88.9 Å². The Bertz CT molecular complexity index is 1670. The molecule has 0 bridgehead atoms. The van der Waals surface area contributed by atoms with Gasteiger partial charge in [-0.3, -0.25) is 9.69 Å². The Morgan fingerprint density at radius 3 is 2.62 bits per heavy atom. The lowest BCUT2D eigenvalue weighted by Crippen LogP contribution is -2.29. The number of furan rings is 1. The number of methoxy groups -OCH3 is 1. The Kier molecular flexibility index (Phi) is 6.07. The van der Waals surface area contributed by atoms with Gasteiger partial charge in [0.2, 0.25) is 0 Å². The van der Waals surface area contributed by atoms with Crippen LogP contribution in [0, 0.1) is 6.92 Å². The molecule has 0 saturated heterocycles. The van der Waals surface area contributed by atoms with Gasteiger partial charge < -0.3 is 9.15 Å². The largest absolute Gasteiger partial charge is 0.497 e. The standard InChI is InChI=1S/C28H22N4O3S2/c1-18-23-15-25(37-27(23)32(30-18)20-7-4-3-5-8-20)26(33)31(16-22-9-6-14-35-22)28-29-24(17-36-28)19-10-12-21(34-2)13-11-19/h3-15,17H,16H2,1-2H3. The van der Waals surface area contributed by atoms with E-state index in [4.69, 9.17) is 19.2 Å². The molecule has 4 aromatic heterocycles. The van der Waals surface area contributed by atoms with Gasteiger partial charge in [0, 0.05) is 16.3 Å². The number of carbonyl (C=O) groups excluding carboxylic acids is 1. The number of hydrogen-bond donors (Lipinski definition) is 0. The summed E-state index contributed by atoms with van der Waals surface area (Å²) >= 11 is 2.86. The quantitative estimate of drug-likeness (QED) is 0.225. The number of aryl methyl sites for hydroxylation is 1. The zero-order valence-electron chi connectivity index (χ0n) is 20.1. The minimum atomic E-state index is -0.132. The third-order valence-corrected chi connectivity index (χ3v) is 7.97. The number of anilines is 1. The van der Waals surface area contributed by atoms with Crippen molar-refractivity contribution in [3.63, 3.8) is 0 Å². The first kappa shape index (κ1) is 23.2. The molecule has 4 heterocycles. The molecule has 6 rings (SSSR count). The second-order valence-corrected chi connectivity index (χ2v) is 10.2. The van der Waals surface area contributed by atoms with Crippen LogP contribution in [-0.4, -0.2) is 27.8 Å². The number of benzene rings is 2. The summed E-state index contributed by atoms with van der Waals surface area (Å²) in [6.07, 6.45) is 1.61. The first-order valence-electron chi connectivity index (χ1n) is 11.6. The summed E-state index contributed by atoms with van der Waals surface area (Å²) in [5.41, 5.74) is 3.58. The summed E-state index contributed by atoms with van der Waals surface area (Å²) in [5, 5.41) is 8.23. The van der Waals surface area contributed by atoms with Crippen molar-refractivity contribution in [2.45, 2.75) is 13.5 Å². The van der Waals surface area contributed by atoms with Crippen LogP contribution in [-0.2, 0) is 6.54 Å². The predicted molar refractivity (Wildman–Crippen MR) is 147 cm³/mol. The molecule has 7 nitrogen and oxygen atoms in total. The molecule has 6 aromatic rings. The lowest BCUT2D eigenvalue weighted by molar-refractivity contribution is 0.0987. The molecule has 1 amide bonds. The number of nitrogens with zero attached hydrogens (tertiary/aromatic N) is 4. The van der Waals surface area contributed by atoms with Crippen LogP contribution in [0.4, 0.5) is 5.13 Å². The summed E-state index contributed by atoms with van der Waals surface area (Å²) in [5.74, 6) is 1.33. The molecule has 0 aliphatic heterocycles. The van der Waals surface area contributed by atoms with E-state index in [2.05, 4.69) is 0 Å². The van der Waals surface area contributed by atoms with E-state index in [1.54, 1.807) is 18.3 Å². The number of rotatable bonds is 7. The van der Waals surface area contributed by atoms with E-state index in [9.17, 15) is 4.79 Å². The second kappa shape index (κ2) is 9.68. The molecule has 0 saturated carbocycles. The Morgan fingerprint density at radius 2 is 1.89 bits per heavy atom. The average Bonchev–Trinajstić information content (AvgIpc) is 3.74. The Balaban J connectivity index is 1.37. The van der Waals surface area contributed by atoms with Crippen molar-refractivity contribution < 1.29 is 13.9 Å². The van der Waals surface area contributed by atoms with E-state index >= 15 is 0 Å². The molecule has 0 N–H and O–H groups in total. The van der Waals surface area contributed by atoms with Crippen LogP contribution < -0.4 is 9.64 Å². The molecule has 0 fully saturated rings. The van der Waals surface area contributed by atoms with Gasteiger partial charge in [-0.2, -0.15) is 5.10 Å². The summed E-state index contributed by atoms with van der Waals surface area (Å²) in [7, 11) is 1.64. The molecular formula is C28H22N4O3S2. The third kappa shape index (κ3) is 4.43. The lowest BCUT2D eigenvalue weighted by Gasteiger charge is -2.18. The van der Waals surface area contributed by atoms with E-state index in [1.807, 2.05) is 89.8 Å². The van der Waals surface area contributed by atoms with Gasteiger partial charge >= 0.3 is 0 Å². The van der Waals surface area contributed by atoms with E-state index in [1.165, 1.54) is 22.7 Å². The summed E-state index contributed by atoms with van der Waals surface area (Å²) in [4.78, 5) is 22.0. The molecule has 2 aromatic carbocycles.